The highest BCUT2D eigenvalue weighted by Crippen LogP contribution is 2.22. The van der Waals surface area contributed by atoms with Gasteiger partial charge in [0.05, 0.1) is 5.75 Å². The standard InChI is InChI=1S/C19H25N5OS/c1-14-7-9-16(10-8-14)18-22-23-19(24(18)20)26-13-17(25)21-12-11-15-5-3-2-4-6-15/h5,7-10H,2-4,6,11-13,20H2,1H3,(H,21,25). The summed E-state index contributed by atoms with van der Waals surface area (Å²) in [6, 6.07) is 7.94. The Morgan fingerprint density at radius 1 is 1.27 bits per heavy atom. The summed E-state index contributed by atoms with van der Waals surface area (Å²) in [5, 5.41) is 11.7. The lowest BCUT2D eigenvalue weighted by Gasteiger charge is -2.12. The van der Waals surface area contributed by atoms with E-state index in [1.165, 1.54) is 53.3 Å². The summed E-state index contributed by atoms with van der Waals surface area (Å²) in [5.74, 6) is 6.96. The molecule has 0 saturated heterocycles. The van der Waals surface area contributed by atoms with Gasteiger partial charge in [-0.1, -0.05) is 53.2 Å². The minimum Gasteiger partial charge on any atom is -0.355 e. The van der Waals surface area contributed by atoms with Gasteiger partial charge in [-0.25, -0.2) is 4.68 Å². The molecule has 26 heavy (non-hydrogen) atoms. The number of amides is 1. The molecule has 0 fully saturated rings. The number of nitrogens with one attached hydrogen (secondary N) is 1. The average molecular weight is 372 g/mol. The van der Waals surface area contributed by atoms with Crippen LogP contribution in [0.25, 0.3) is 11.4 Å². The van der Waals surface area contributed by atoms with Crippen LogP contribution >= 0.6 is 11.8 Å². The Kier molecular flexibility index (Phi) is 6.33. The second-order valence-corrected chi connectivity index (χ2v) is 7.48. The molecule has 0 atom stereocenters. The third-order valence-electron chi connectivity index (χ3n) is 4.46. The summed E-state index contributed by atoms with van der Waals surface area (Å²) < 4.78 is 1.44. The van der Waals surface area contributed by atoms with Gasteiger partial charge in [0.15, 0.2) is 5.82 Å². The van der Waals surface area contributed by atoms with Crippen LogP contribution in [0.3, 0.4) is 0 Å². The van der Waals surface area contributed by atoms with Gasteiger partial charge >= 0.3 is 0 Å². The molecule has 3 rings (SSSR count). The van der Waals surface area contributed by atoms with Crippen LogP contribution in [-0.4, -0.2) is 33.1 Å². The van der Waals surface area contributed by atoms with Crippen LogP contribution in [0.4, 0.5) is 0 Å². The maximum absolute atomic E-state index is 12.0. The third-order valence-corrected chi connectivity index (χ3v) is 5.40. The highest BCUT2D eigenvalue weighted by molar-refractivity contribution is 7.99. The molecule has 1 aliphatic rings. The maximum atomic E-state index is 12.0. The number of rotatable bonds is 7. The molecule has 0 bridgehead atoms. The summed E-state index contributed by atoms with van der Waals surface area (Å²) >= 11 is 1.30. The smallest absolute Gasteiger partial charge is 0.230 e. The van der Waals surface area contributed by atoms with E-state index in [-0.39, 0.29) is 11.7 Å². The van der Waals surface area contributed by atoms with Crippen LogP contribution in [-0.2, 0) is 4.79 Å². The van der Waals surface area contributed by atoms with Crippen LogP contribution in [0, 0.1) is 6.92 Å². The van der Waals surface area contributed by atoms with E-state index in [4.69, 9.17) is 5.84 Å². The summed E-state index contributed by atoms with van der Waals surface area (Å²) in [7, 11) is 0. The van der Waals surface area contributed by atoms with E-state index in [2.05, 4.69) is 21.6 Å². The Morgan fingerprint density at radius 2 is 2.08 bits per heavy atom. The molecule has 138 valence electrons. The Hall–Kier alpha value is -2.28. The number of carbonyl (C=O) groups is 1. The van der Waals surface area contributed by atoms with Crippen LogP contribution in [0.5, 0.6) is 0 Å². The first kappa shape index (κ1) is 18.5. The van der Waals surface area contributed by atoms with Crippen molar-refractivity contribution in [2.45, 2.75) is 44.2 Å². The van der Waals surface area contributed by atoms with Gasteiger partial charge in [-0.05, 0) is 39.0 Å². The van der Waals surface area contributed by atoms with Gasteiger partial charge < -0.3 is 11.2 Å². The van der Waals surface area contributed by atoms with Crippen molar-refractivity contribution in [3.05, 3.63) is 41.5 Å². The van der Waals surface area contributed by atoms with Crippen molar-refractivity contribution in [1.82, 2.24) is 20.2 Å². The van der Waals surface area contributed by atoms with Gasteiger partial charge in [0.25, 0.3) is 0 Å². The summed E-state index contributed by atoms with van der Waals surface area (Å²) in [5.41, 5.74) is 3.54. The molecule has 0 unspecified atom stereocenters. The molecule has 1 heterocycles. The number of carbonyl (C=O) groups excluding carboxylic acids is 1. The average Bonchev–Trinajstić information content (AvgIpc) is 3.02. The topological polar surface area (TPSA) is 85.8 Å². The van der Waals surface area contributed by atoms with Crippen molar-refractivity contribution in [1.29, 1.82) is 0 Å². The Bertz CT molecular complexity index is 782. The van der Waals surface area contributed by atoms with E-state index in [9.17, 15) is 4.79 Å². The predicted octanol–water partition coefficient (Wildman–Crippen LogP) is 3.07. The summed E-state index contributed by atoms with van der Waals surface area (Å²) in [6.45, 7) is 2.72. The quantitative estimate of drug-likeness (QED) is 0.444. The van der Waals surface area contributed by atoms with Crippen LogP contribution in [0.2, 0.25) is 0 Å². The molecule has 2 aromatic rings. The van der Waals surface area contributed by atoms with E-state index in [0.29, 0.717) is 17.5 Å². The first-order valence-electron chi connectivity index (χ1n) is 8.98. The van der Waals surface area contributed by atoms with Crippen molar-refractivity contribution in [2.75, 3.05) is 18.1 Å². The van der Waals surface area contributed by atoms with Gasteiger partial charge in [-0.2, -0.15) is 0 Å². The summed E-state index contributed by atoms with van der Waals surface area (Å²) in [6.07, 6.45) is 8.16. The molecule has 0 spiro atoms. The number of nitrogens with zero attached hydrogens (tertiary/aromatic N) is 3. The second kappa shape index (κ2) is 8.89. The highest BCUT2D eigenvalue weighted by atomic mass is 32.2. The lowest BCUT2D eigenvalue weighted by molar-refractivity contribution is -0.118. The van der Waals surface area contributed by atoms with Crippen molar-refractivity contribution in [3.8, 4) is 11.4 Å². The van der Waals surface area contributed by atoms with Crippen molar-refractivity contribution >= 4 is 17.7 Å². The molecule has 3 N–H and O–H groups in total. The minimum atomic E-state index is -0.00806. The number of hydrogen-bond donors (Lipinski definition) is 2. The maximum Gasteiger partial charge on any atom is 0.230 e. The molecule has 0 radical (unpaired) electrons. The van der Waals surface area contributed by atoms with Crippen LogP contribution in [0.1, 0.15) is 37.7 Å². The lowest BCUT2D eigenvalue weighted by Crippen LogP contribution is -2.26. The van der Waals surface area contributed by atoms with Crippen molar-refractivity contribution < 1.29 is 4.79 Å². The molecule has 1 amide bonds. The molecule has 1 aromatic carbocycles. The Morgan fingerprint density at radius 3 is 2.81 bits per heavy atom. The molecule has 7 heteroatoms. The van der Waals surface area contributed by atoms with E-state index >= 15 is 0 Å². The molecule has 1 aliphatic carbocycles. The largest absolute Gasteiger partial charge is 0.355 e. The molecular weight excluding hydrogens is 346 g/mol. The third kappa shape index (κ3) is 4.88. The van der Waals surface area contributed by atoms with Gasteiger partial charge in [0.2, 0.25) is 11.1 Å². The number of aryl methyl sites for hydroxylation is 1. The lowest BCUT2D eigenvalue weighted by atomic mass is 9.97. The first-order valence-corrected chi connectivity index (χ1v) is 9.97. The van der Waals surface area contributed by atoms with Gasteiger partial charge in [0, 0.05) is 12.1 Å². The molecule has 1 aromatic heterocycles. The van der Waals surface area contributed by atoms with Gasteiger partial charge in [0.1, 0.15) is 0 Å². The fourth-order valence-electron chi connectivity index (χ4n) is 2.95. The van der Waals surface area contributed by atoms with E-state index in [1.807, 2.05) is 31.2 Å². The fraction of sp³-hybridized carbons (Fsp3) is 0.421. The van der Waals surface area contributed by atoms with Crippen molar-refractivity contribution in [2.24, 2.45) is 0 Å². The number of nitrogen functional groups attached to an aromatic ring is 1. The Labute approximate surface area is 158 Å². The first-order chi connectivity index (χ1) is 12.6. The van der Waals surface area contributed by atoms with E-state index < -0.39 is 0 Å². The minimum absolute atomic E-state index is 0.00806. The predicted molar refractivity (Wildman–Crippen MR) is 105 cm³/mol. The number of nitrogens with two attached hydrogens (primary N) is 1. The number of aromatic nitrogens is 3. The number of hydrogen-bond acceptors (Lipinski definition) is 5. The molecular formula is C19H25N5OS. The Balaban J connectivity index is 1.47. The SMILES string of the molecule is Cc1ccc(-c2nnc(SCC(=O)NCCC3=CCCCC3)n2N)cc1. The zero-order valence-electron chi connectivity index (χ0n) is 15.1. The van der Waals surface area contributed by atoms with Crippen molar-refractivity contribution in [3.63, 3.8) is 0 Å². The van der Waals surface area contributed by atoms with Crippen LogP contribution < -0.4 is 11.2 Å². The number of allylic oxidation sites excluding steroid dienone is 1. The summed E-state index contributed by atoms with van der Waals surface area (Å²) in [4.78, 5) is 12.0. The molecule has 0 aliphatic heterocycles. The number of thioether (sulfide) groups is 1. The zero-order chi connectivity index (χ0) is 18.4. The normalized spacial score (nSPS) is 14.1. The molecule has 0 saturated carbocycles. The fourth-order valence-corrected chi connectivity index (χ4v) is 3.64. The highest BCUT2D eigenvalue weighted by Gasteiger charge is 2.13. The van der Waals surface area contributed by atoms with Gasteiger partial charge in [-0.15, -0.1) is 10.2 Å². The van der Waals surface area contributed by atoms with Crippen LogP contribution in [0.15, 0.2) is 41.1 Å². The van der Waals surface area contributed by atoms with Gasteiger partial charge in [-0.3, -0.25) is 4.79 Å². The van der Waals surface area contributed by atoms with E-state index in [0.717, 1.165) is 12.0 Å². The molecule has 6 nitrogen and oxygen atoms in total. The monoisotopic (exact) mass is 371 g/mol. The number of benzene rings is 1. The van der Waals surface area contributed by atoms with E-state index in [1.54, 1.807) is 0 Å². The zero-order valence-corrected chi connectivity index (χ0v) is 15.9. The second-order valence-electron chi connectivity index (χ2n) is 6.54.